The zero-order valence-electron chi connectivity index (χ0n) is 14.7. The van der Waals surface area contributed by atoms with Gasteiger partial charge in [-0.15, -0.1) is 0 Å². The van der Waals surface area contributed by atoms with Crippen molar-refractivity contribution in [1.82, 2.24) is 15.1 Å². The molecule has 3 rings (SSSR count). The van der Waals surface area contributed by atoms with Gasteiger partial charge in [-0.25, -0.2) is 4.68 Å². The van der Waals surface area contributed by atoms with Crippen LogP contribution in [-0.2, 0) is 11.0 Å². The number of amides is 2. The molecule has 0 radical (unpaired) electrons. The zero-order chi connectivity index (χ0) is 21.0. The summed E-state index contributed by atoms with van der Waals surface area (Å²) < 4.78 is 41.4. The van der Waals surface area contributed by atoms with Crippen molar-refractivity contribution in [1.29, 1.82) is 0 Å². The molecule has 1 heterocycles. The van der Waals surface area contributed by atoms with Gasteiger partial charge in [0.05, 0.1) is 24.0 Å². The van der Waals surface area contributed by atoms with Crippen molar-refractivity contribution in [3.8, 4) is 5.69 Å². The first-order valence-corrected chi connectivity index (χ1v) is 8.68. The molecule has 2 aromatic carbocycles. The monoisotopic (exact) mass is 422 g/mol. The van der Waals surface area contributed by atoms with Crippen LogP contribution in [0.25, 0.3) is 5.69 Å². The molecule has 3 aromatic rings. The molecule has 10 heteroatoms. The van der Waals surface area contributed by atoms with Crippen molar-refractivity contribution in [2.45, 2.75) is 6.18 Å². The second-order valence-corrected chi connectivity index (χ2v) is 6.33. The minimum Gasteiger partial charge on any atom is -0.343 e. The predicted molar refractivity (Wildman–Crippen MR) is 101 cm³/mol. The summed E-state index contributed by atoms with van der Waals surface area (Å²) in [7, 11) is 0. The lowest BCUT2D eigenvalue weighted by Crippen LogP contribution is -2.34. The Balaban J connectivity index is 1.78. The summed E-state index contributed by atoms with van der Waals surface area (Å²) in [4.78, 5) is 24.2. The van der Waals surface area contributed by atoms with Gasteiger partial charge in [-0.2, -0.15) is 18.3 Å². The average molecular weight is 423 g/mol. The lowest BCUT2D eigenvalue weighted by Gasteiger charge is -2.13. The first kappa shape index (κ1) is 20.4. The number of carbonyl (C=O) groups is 2. The molecule has 150 valence electrons. The second-order valence-electron chi connectivity index (χ2n) is 5.89. The van der Waals surface area contributed by atoms with Crippen LogP contribution in [0.1, 0.15) is 16.1 Å². The van der Waals surface area contributed by atoms with E-state index < -0.39 is 35.8 Å². The van der Waals surface area contributed by atoms with Gasteiger partial charge in [0.15, 0.2) is 5.69 Å². The Morgan fingerprint density at radius 1 is 1.03 bits per heavy atom. The molecule has 2 amide bonds. The summed E-state index contributed by atoms with van der Waals surface area (Å²) in [5, 5.41) is 8.74. The van der Waals surface area contributed by atoms with E-state index in [0.717, 1.165) is 6.20 Å². The van der Waals surface area contributed by atoms with Crippen LogP contribution in [-0.4, -0.2) is 28.1 Å². The van der Waals surface area contributed by atoms with Crippen LogP contribution in [0.15, 0.2) is 60.8 Å². The van der Waals surface area contributed by atoms with Crippen LogP contribution in [0.5, 0.6) is 0 Å². The van der Waals surface area contributed by atoms with Gasteiger partial charge >= 0.3 is 6.18 Å². The van der Waals surface area contributed by atoms with Crippen molar-refractivity contribution in [2.75, 3.05) is 11.9 Å². The highest BCUT2D eigenvalue weighted by molar-refractivity contribution is 6.30. The van der Waals surface area contributed by atoms with E-state index in [2.05, 4.69) is 15.7 Å². The number of para-hydroxylation sites is 1. The highest BCUT2D eigenvalue weighted by Gasteiger charge is 2.40. The maximum atomic E-state index is 13.6. The summed E-state index contributed by atoms with van der Waals surface area (Å²) in [6, 6.07) is 13.9. The van der Waals surface area contributed by atoms with Crippen molar-refractivity contribution in [3.05, 3.63) is 77.1 Å². The topological polar surface area (TPSA) is 76.0 Å². The van der Waals surface area contributed by atoms with E-state index in [9.17, 15) is 22.8 Å². The van der Waals surface area contributed by atoms with Crippen molar-refractivity contribution in [2.24, 2.45) is 0 Å². The number of rotatable bonds is 5. The molecule has 0 aliphatic heterocycles. The quantitative estimate of drug-likeness (QED) is 0.654. The molecule has 0 atom stereocenters. The van der Waals surface area contributed by atoms with Gasteiger partial charge in [-0.3, -0.25) is 9.59 Å². The number of aromatic nitrogens is 2. The summed E-state index contributed by atoms with van der Waals surface area (Å²) in [5.74, 6) is -1.65. The maximum Gasteiger partial charge on any atom is 0.434 e. The predicted octanol–water partition coefficient (Wildman–Crippen LogP) is 3.91. The minimum absolute atomic E-state index is 0.0857. The molecule has 2 N–H and O–H groups in total. The van der Waals surface area contributed by atoms with Gasteiger partial charge in [0, 0.05) is 10.7 Å². The van der Waals surface area contributed by atoms with Gasteiger partial charge < -0.3 is 10.6 Å². The van der Waals surface area contributed by atoms with E-state index in [1.165, 1.54) is 24.3 Å². The van der Waals surface area contributed by atoms with Crippen LogP contribution in [0, 0.1) is 0 Å². The normalized spacial score (nSPS) is 11.2. The van der Waals surface area contributed by atoms with Crippen molar-refractivity contribution < 1.29 is 22.8 Å². The average Bonchev–Trinajstić information content (AvgIpc) is 3.13. The number of carbonyl (C=O) groups excluding carboxylic acids is 2. The molecule has 0 saturated heterocycles. The SMILES string of the molecule is O=C(CNC(=O)c1cnn(-c2ccc(Cl)cc2)c1C(F)(F)F)Nc1ccccc1. The Bertz CT molecular complexity index is 1020. The Morgan fingerprint density at radius 3 is 2.31 bits per heavy atom. The molecule has 6 nitrogen and oxygen atoms in total. The van der Waals surface area contributed by atoms with Crippen molar-refractivity contribution >= 4 is 29.1 Å². The fourth-order valence-electron chi connectivity index (χ4n) is 2.55. The van der Waals surface area contributed by atoms with Gasteiger partial charge in [0.1, 0.15) is 0 Å². The van der Waals surface area contributed by atoms with Crippen LogP contribution < -0.4 is 10.6 Å². The van der Waals surface area contributed by atoms with E-state index >= 15 is 0 Å². The zero-order valence-corrected chi connectivity index (χ0v) is 15.5. The van der Waals surface area contributed by atoms with E-state index in [-0.39, 0.29) is 5.69 Å². The van der Waals surface area contributed by atoms with Gasteiger partial charge in [-0.1, -0.05) is 29.8 Å². The third kappa shape index (κ3) is 4.94. The molecule has 0 fully saturated rings. The van der Waals surface area contributed by atoms with E-state index in [1.807, 2.05) is 0 Å². The largest absolute Gasteiger partial charge is 0.434 e. The molecule has 0 bridgehead atoms. The maximum absolute atomic E-state index is 13.6. The number of anilines is 1. The van der Waals surface area contributed by atoms with Gasteiger partial charge in [0.2, 0.25) is 5.91 Å². The Labute approximate surface area is 168 Å². The number of benzene rings is 2. The van der Waals surface area contributed by atoms with Crippen LogP contribution in [0.4, 0.5) is 18.9 Å². The number of halogens is 4. The fraction of sp³-hybridized carbons (Fsp3) is 0.105. The molecule has 0 unspecified atom stereocenters. The Kier molecular flexibility index (Phi) is 5.88. The summed E-state index contributed by atoms with van der Waals surface area (Å²) in [5.41, 5.74) is -1.36. The lowest BCUT2D eigenvalue weighted by molar-refractivity contribution is -0.143. The number of hydrogen-bond donors (Lipinski definition) is 2. The highest BCUT2D eigenvalue weighted by Crippen LogP contribution is 2.33. The third-order valence-corrected chi connectivity index (χ3v) is 4.07. The summed E-state index contributed by atoms with van der Waals surface area (Å²) in [6.07, 6.45) is -4.04. The molecular weight excluding hydrogens is 409 g/mol. The van der Waals surface area contributed by atoms with Crippen LogP contribution >= 0.6 is 11.6 Å². The summed E-state index contributed by atoms with van der Waals surface area (Å²) >= 11 is 5.76. The molecule has 0 aliphatic carbocycles. The van der Waals surface area contributed by atoms with Gasteiger partial charge in [-0.05, 0) is 36.4 Å². The molecule has 0 spiro atoms. The highest BCUT2D eigenvalue weighted by atomic mass is 35.5. The first-order chi connectivity index (χ1) is 13.8. The molecular formula is C19H14ClF3N4O2. The number of alkyl halides is 3. The molecule has 0 saturated carbocycles. The van der Waals surface area contributed by atoms with Crippen LogP contribution in [0.3, 0.4) is 0 Å². The lowest BCUT2D eigenvalue weighted by atomic mass is 10.2. The molecule has 1 aromatic heterocycles. The Morgan fingerprint density at radius 2 is 1.69 bits per heavy atom. The fourth-order valence-corrected chi connectivity index (χ4v) is 2.67. The number of hydrogen-bond acceptors (Lipinski definition) is 3. The Hall–Kier alpha value is -3.33. The van der Waals surface area contributed by atoms with Crippen LogP contribution in [0.2, 0.25) is 5.02 Å². The first-order valence-electron chi connectivity index (χ1n) is 8.30. The number of nitrogens with one attached hydrogen (secondary N) is 2. The molecule has 0 aliphatic rings. The smallest absolute Gasteiger partial charge is 0.343 e. The second kappa shape index (κ2) is 8.36. The van der Waals surface area contributed by atoms with Gasteiger partial charge in [0.25, 0.3) is 5.91 Å². The third-order valence-electron chi connectivity index (χ3n) is 3.82. The summed E-state index contributed by atoms with van der Waals surface area (Å²) in [6.45, 7) is -0.503. The van der Waals surface area contributed by atoms with E-state index in [4.69, 9.17) is 11.6 Å². The number of nitrogens with zero attached hydrogens (tertiary/aromatic N) is 2. The van der Waals surface area contributed by atoms with Crippen molar-refractivity contribution in [3.63, 3.8) is 0 Å². The standard InChI is InChI=1S/C19H14ClF3N4O2/c20-12-6-8-14(9-7-12)27-17(19(21,22)23)15(10-25-27)18(29)24-11-16(28)26-13-4-2-1-3-5-13/h1-10H,11H2,(H,24,29)(H,26,28). The minimum atomic E-state index is -4.85. The van der Waals surface area contributed by atoms with E-state index in [0.29, 0.717) is 15.4 Å². The molecule has 29 heavy (non-hydrogen) atoms. The van der Waals surface area contributed by atoms with E-state index in [1.54, 1.807) is 30.3 Å².